The first kappa shape index (κ1) is 14.5. The van der Waals surface area contributed by atoms with Crippen LogP contribution in [0.3, 0.4) is 0 Å². The average Bonchev–Trinajstić information content (AvgIpc) is 2.59. The van der Waals surface area contributed by atoms with Gasteiger partial charge in [-0.1, -0.05) is 0 Å². The summed E-state index contributed by atoms with van der Waals surface area (Å²) in [7, 11) is -3.43. The van der Waals surface area contributed by atoms with Gasteiger partial charge in [-0.3, -0.25) is 0 Å². The van der Waals surface area contributed by atoms with Crippen LogP contribution in [0, 0.1) is 6.92 Å². The minimum absolute atomic E-state index is 0.391. The van der Waals surface area contributed by atoms with Crippen LogP contribution in [-0.4, -0.2) is 38.0 Å². The maximum absolute atomic E-state index is 12.6. The molecule has 0 unspecified atom stereocenters. The fourth-order valence-electron chi connectivity index (χ4n) is 1.96. The van der Waals surface area contributed by atoms with E-state index in [4.69, 9.17) is 4.74 Å². The topological polar surface area (TPSA) is 46.6 Å². The lowest BCUT2D eigenvalue weighted by Crippen LogP contribution is -2.55. The third-order valence-electron chi connectivity index (χ3n) is 2.95. The van der Waals surface area contributed by atoms with Crippen molar-refractivity contribution < 1.29 is 13.2 Å². The molecule has 0 radical (unpaired) electrons. The number of sulfonamides is 1. The van der Waals surface area contributed by atoms with E-state index >= 15 is 0 Å². The molecule has 102 valence electrons. The molecule has 1 saturated heterocycles. The van der Waals surface area contributed by atoms with Crippen molar-refractivity contribution in [3.05, 3.63) is 15.4 Å². The van der Waals surface area contributed by atoms with Crippen molar-refractivity contribution in [2.45, 2.75) is 30.5 Å². The van der Waals surface area contributed by atoms with Crippen LogP contribution in [0.25, 0.3) is 0 Å². The predicted molar refractivity (Wildman–Crippen MR) is 75.5 cm³/mol. The summed E-state index contributed by atoms with van der Waals surface area (Å²) in [5.41, 5.74) is 0.450. The van der Waals surface area contributed by atoms with Crippen molar-refractivity contribution in [2.75, 3.05) is 19.8 Å². The average molecular weight is 354 g/mol. The Kier molecular flexibility index (Phi) is 3.91. The highest BCUT2D eigenvalue weighted by atomic mass is 79.9. The summed E-state index contributed by atoms with van der Waals surface area (Å²) in [6.07, 6.45) is 0. The van der Waals surface area contributed by atoms with Crippen molar-refractivity contribution in [2.24, 2.45) is 0 Å². The Labute approximate surface area is 120 Å². The van der Waals surface area contributed by atoms with E-state index in [-0.39, 0.29) is 0 Å². The maximum Gasteiger partial charge on any atom is 0.253 e. The van der Waals surface area contributed by atoms with Gasteiger partial charge in [-0.2, -0.15) is 4.31 Å². The number of morpholine rings is 1. The van der Waals surface area contributed by atoms with Crippen molar-refractivity contribution in [1.29, 1.82) is 0 Å². The fraction of sp³-hybridized carbons (Fsp3) is 0.636. The van der Waals surface area contributed by atoms with Crippen molar-refractivity contribution in [1.82, 2.24) is 4.31 Å². The molecule has 0 saturated carbocycles. The SMILES string of the molecule is Cc1cc(S(=O)(=O)N2CCOCC2(C)C)sc1Br. The number of ether oxygens (including phenoxy) is 1. The Hall–Kier alpha value is 0.0500. The summed E-state index contributed by atoms with van der Waals surface area (Å²) in [5.74, 6) is 0. The Bertz CT molecular complexity index is 531. The zero-order valence-corrected chi connectivity index (χ0v) is 13.8. The Balaban J connectivity index is 2.42. The number of aryl methyl sites for hydroxylation is 1. The highest BCUT2D eigenvalue weighted by Crippen LogP contribution is 2.35. The second-order valence-corrected chi connectivity index (χ2v) is 9.42. The molecule has 0 aromatic carbocycles. The van der Waals surface area contributed by atoms with E-state index in [1.807, 2.05) is 20.8 Å². The summed E-state index contributed by atoms with van der Waals surface area (Å²) in [6, 6.07) is 1.72. The maximum atomic E-state index is 12.6. The van der Waals surface area contributed by atoms with Gasteiger partial charge in [0.15, 0.2) is 0 Å². The van der Waals surface area contributed by atoms with Crippen LogP contribution in [0.2, 0.25) is 0 Å². The van der Waals surface area contributed by atoms with E-state index in [0.717, 1.165) is 9.35 Å². The van der Waals surface area contributed by atoms with Crippen LogP contribution in [0.4, 0.5) is 0 Å². The fourth-order valence-corrected chi connectivity index (χ4v) is 6.05. The van der Waals surface area contributed by atoms with E-state index in [9.17, 15) is 8.42 Å². The van der Waals surface area contributed by atoms with Crippen LogP contribution in [0.1, 0.15) is 19.4 Å². The van der Waals surface area contributed by atoms with Crippen molar-refractivity contribution in [3.63, 3.8) is 0 Å². The van der Waals surface area contributed by atoms with E-state index < -0.39 is 15.6 Å². The largest absolute Gasteiger partial charge is 0.378 e. The molecule has 1 aliphatic heterocycles. The molecule has 4 nitrogen and oxygen atoms in total. The lowest BCUT2D eigenvalue weighted by Gasteiger charge is -2.40. The van der Waals surface area contributed by atoms with Gasteiger partial charge in [0.1, 0.15) is 4.21 Å². The van der Waals surface area contributed by atoms with Gasteiger partial charge >= 0.3 is 0 Å². The van der Waals surface area contributed by atoms with Crippen LogP contribution in [-0.2, 0) is 14.8 Å². The second-order valence-electron chi connectivity index (χ2n) is 4.96. The molecule has 0 spiro atoms. The Morgan fingerprint density at radius 3 is 2.67 bits per heavy atom. The molecule has 1 aliphatic rings. The summed E-state index contributed by atoms with van der Waals surface area (Å²) < 4.78 is 33.4. The van der Waals surface area contributed by atoms with Gasteiger partial charge in [-0.15, -0.1) is 11.3 Å². The molecule has 1 fully saturated rings. The molecular formula is C11H16BrNO3S2. The summed E-state index contributed by atoms with van der Waals surface area (Å²) in [4.78, 5) is 0. The van der Waals surface area contributed by atoms with Gasteiger partial charge in [0, 0.05) is 6.54 Å². The Morgan fingerprint density at radius 2 is 2.17 bits per heavy atom. The van der Waals surface area contributed by atoms with E-state index in [2.05, 4.69) is 15.9 Å². The molecule has 0 atom stereocenters. The summed E-state index contributed by atoms with van der Waals surface area (Å²) in [6.45, 7) is 6.96. The number of rotatable bonds is 2. The van der Waals surface area contributed by atoms with Gasteiger partial charge in [0.2, 0.25) is 0 Å². The van der Waals surface area contributed by atoms with Crippen LogP contribution in [0.5, 0.6) is 0 Å². The zero-order valence-electron chi connectivity index (χ0n) is 10.6. The van der Waals surface area contributed by atoms with Gasteiger partial charge in [-0.25, -0.2) is 8.42 Å². The summed E-state index contributed by atoms with van der Waals surface area (Å²) in [5, 5.41) is 0. The molecule has 0 bridgehead atoms. The third-order valence-corrected chi connectivity index (χ3v) is 7.64. The van der Waals surface area contributed by atoms with E-state index in [0.29, 0.717) is 24.0 Å². The first-order valence-electron chi connectivity index (χ1n) is 5.62. The minimum Gasteiger partial charge on any atom is -0.378 e. The van der Waals surface area contributed by atoms with Crippen molar-refractivity contribution in [3.8, 4) is 0 Å². The molecule has 0 aliphatic carbocycles. The summed E-state index contributed by atoms with van der Waals surface area (Å²) >= 11 is 4.63. The molecule has 7 heteroatoms. The van der Waals surface area contributed by atoms with Gasteiger partial charge < -0.3 is 4.74 Å². The molecule has 2 heterocycles. The lowest BCUT2D eigenvalue weighted by atomic mass is 10.1. The molecule has 0 N–H and O–H groups in total. The monoisotopic (exact) mass is 353 g/mol. The standard InChI is InChI=1S/C11H16BrNO3S2/c1-8-6-9(17-10(8)12)18(14,15)13-4-5-16-7-11(13,2)3/h6H,4-5,7H2,1-3H3. The number of halogens is 1. The molecule has 1 aromatic heterocycles. The number of nitrogens with zero attached hydrogens (tertiary/aromatic N) is 1. The van der Waals surface area contributed by atoms with E-state index in [1.165, 1.54) is 11.3 Å². The Morgan fingerprint density at radius 1 is 1.50 bits per heavy atom. The van der Waals surface area contributed by atoms with Crippen LogP contribution in [0.15, 0.2) is 14.1 Å². The highest BCUT2D eigenvalue weighted by molar-refractivity contribution is 9.11. The first-order valence-corrected chi connectivity index (χ1v) is 8.66. The normalized spacial score (nSPS) is 21.1. The quantitative estimate of drug-likeness (QED) is 0.820. The zero-order chi connectivity index (χ0) is 13.6. The van der Waals surface area contributed by atoms with Gasteiger partial charge in [0.05, 0.1) is 22.5 Å². The molecule has 0 amide bonds. The molecule has 1 aromatic rings. The minimum atomic E-state index is -3.43. The third kappa shape index (κ3) is 2.51. The van der Waals surface area contributed by atoms with Crippen LogP contribution >= 0.6 is 27.3 Å². The van der Waals surface area contributed by atoms with Gasteiger partial charge in [0.25, 0.3) is 10.0 Å². The first-order chi connectivity index (χ1) is 8.25. The van der Waals surface area contributed by atoms with Gasteiger partial charge in [-0.05, 0) is 48.3 Å². The second kappa shape index (κ2) is 4.86. The highest BCUT2D eigenvalue weighted by Gasteiger charge is 2.40. The van der Waals surface area contributed by atoms with E-state index in [1.54, 1.807) is 10.4 Å². The predicted octanol–water partition coefficient (Wildman–Crippen LogP) is 2.62. The molecular weight excluding hydrogens is 338 g/mol. The lowest BCUT2D eigenvalue weighted by molar-refractivity contribution is -0.00761. The number of hydrogen-bond donors (Lipinski definition) is 0. The van der Waals surface area contributed by atoms with Crippen LogP contribution < -0.4 is 0 Å². The molecule has 18 heavy (non-hydrogen) atoms. The number of thiophene rings is 1. The molecule has 2 rings (SSSR count). The van der Waals surface area contributed by atoms with Crippen molar-refractivity contribution >= 4 is 37.3 Å². The smallest absolute Gasteiger partial charge is 0.253 e. The number of hydrogen-bond acceptors (Lipinski definition) is 4.